The highest BCUT2D eigenvalue weighted by molar-refractivity contribution is 5.90. The van der Waals surface area contributed by atoms with Gasteiger partial charge < -0.3 is 20.1 Å². The van der Waals surface area contributed by atoms with Gasteiger partial charge in [0.05, 0.1) is 11.1 Å². The molecule has 0 unspecified atom stereocenters. The van der Waals surface area contributed by atoms with Crippen LogP contribution in [0.4, 0.5) is 24.9 Å². The van der Waals surface area contributed by atoms with Crippen molar-refractivity contribution in [2.75, 3.05) is 24.3 Å². The Labute approximate surface area is 227 Å². The number of aromatic nitrogens is 3. The Morgan fingerprint density at radius 3 is 2.36 bits per heavy atom. The molecule has 4 aromatic rings. The van der Waals surface area contributed by atoms with Crippen LogP contribution in [0.3, 0.4) is 0 Å². The fourth-order valence-electron chi connectivity index (χ4n) is 5.57. The summed E-state index contributed by atoms with van der Waals surface area (Å²) in [6.07, 6.45) is -0.294. The molecular weight excluding hydrogens is 501 g/mol. The van der Waals surface area contributed by atoms with E-state index in [9.17, 15) is 13.2 Å². The number of nitrogens with one attached hydrogen (secondary N) is 2. The maximum absolute atomic E-state index is 13.2. The van der Waals surface area contributed by atoms with Gasteiger partial charge in [-0.1, -0.05) is 18.2 Å². The van der Waals surface area contributed by atoms with Gasteiger partial charge in [0.1, 0.15) is 5.82 Å². The van der Waals surface area contributed by atoms with Crippen molar-refractivity contribution in [3.63, 3.8) is 0 Å². The van der Waals surface area contributed by atoms with Gasteiger partial charge in [0.15, 0.2) is 0 Å². The Hall–Kier alpha value is -3.59. The number of benzene rings is 2. The Morgan fingerprint density at radius 2 is 1.64 bits per heavy atom. The molecule has 1 saturated carbocycles. The number of halogens is 3. The Kier molecular flexibility index (Phi) is 7.53. The second-order valence-corrected chi connectivity index (χ2v) is 10.6. The number of hydrogen-bond donors (Lipinski definition) is 2. The van der Waals surface area contributed by atoms with E-state index < -0.39 is 11.7 Å². The molecule has 39 heavy (non-hydrogen) atoms. The van der Waals surface area contributed by atoms with E-state index in [-0.39, 0.29) is 0 Å². The molecule has 2 N–H and O–H groups in total. The standard InChI is InChI=1S/C30H35F3N6/c1-19-16-21(20(2)39(19)25-9-7-8-22(17-25)30(31,32)33)18-34-23-12-14-24(15-13-23)35-29-36-27-11-6-5-10-26(27)28(37-29)38(3)4/h5-11,16-17,23-24,34H,12-15,18H2,1-4H3,(H,35,36,37). The maximum Gasteiger partial charge on any atom is 0.416 e. The Morgan fingerprint density at radius 1 is 0.923 bits per heavy atom. The lowest BCUT2D eigenvalue weighted by atomic mass is 9.91. The average molecular weight is 537 g/mol. The summed E-state index contributed by atoms with van der Waals surface area (Å²) < 4.78 is 41.6. The molecule has 0 saturated heterocycles. The van der Waals surface area contributed by atoms with Gasteiger partial charge in [-0.25, -0.2) is 4.98 Å². The summed E-state index contributed by atoms with van der Waals surface area (Å²) in [4.78, 5) is 11.5. The molecule has 0 amide bonds. The summed E-state index contributed by atoms with van der Waals surface area (Å²) in [5.74, 6) is 1.57. The van der Waals surface area contributed by atoms with Crippen LogP contribution in [0, 0.1) is 13.8 Å². The van der Waals surface area contributed by atoms with E-state index in [1.165, 1.54) is 12.1 Å². The first-order valence-corrected chi connectivity index (χ1v) is 13.4. The third-order valence-corrected chi connectivity index (χ3v) is 7.62. The second kappa shape index (κ2) is 10.9. The zero-order valence-corrected chi connectivity index (χ0v) is 22.8. The summed E-state index contributed by atoms with van der Waals surface area (Å²) in [7, 11) is 3.99. The highest BCUT2D eigenvalue weighted by Crippen LogP contribution is 2.32. The summed E-state index contributed by atoms with van der Waals surface area (Å²) in [6, 6.07) is 16.3. The normalized spacial score (nSPS) is 17.9. The van der Waals surface area contributed by atoms with Crippen molar-refractivity contribution in [1.29, 1.82) is 0 Å². The molecule has 1 aliphatic rings. The molecule has 206 valence electrons. The molecule has 5 rings (SSSR count). The molecule has 0 aliphatic heterocycles. The van der Waals surface area contributed by atoms with Crippen LogP contribution in [-0.2, 0) is 12.7 Å². The van der Waals surface area contributed by atoms with Crippen molar-refractivity contribution in [2.24, 2.45) is 0 Å². The first kappa shape index (κ1) is 27.0. The Bertz CT molecular complexity index is 1450. The van der Waals surface area contributed by atoms with Crippen molar-refractivity contribution in [2.45, 2.75) is 64.3 Å². The molecule has 2 aromatic heterocycles. The molecule has 9 heteroatoms. The summed E-state index contributed by atoms with van der Waals surface area (Å²) in [5, 5.41) is 8.27. The van der Waals surface area contributed by atoms with Gasteiger partial charge >= 0.3 is 6.18 Å². The van der Waals surface area contributed by atoms with Crippen LogP contribution in [0.5, 0.6) is 0 Å². The number of nitrogens with zero attached hydrogens (tertiary/aromatic N) is 4. The van der Waals surface area contributed by atoms with Crippen LogP contribution >= 0.6 is 0 Å². The van der Waals surface area contributed by atoms with Gasteiger partial charge in [-0.3, -0.25) is 0 Å². The Balaban J connectivity index is 1.20. The van der Waals surface area contributed by atoms with Crippen LogP contribution in [0.25, 0.3) is 16.6 Å². The van der Waals surface area contributed by atoms with Crippen molar-refractivity contribution >= 4 is 22.7 Å². The lowest BCUT2D eigenvalue weighted by Gasteiger charge is -2.30. The van der Waals surface area contributed by atoms with Crippen LogP contribution in [0.2, 0.25) is 0 Å². The molecule has 1 aliphatic carbocycles. The van der Waals surface area contributed by atoms with E-state index in [2.05, 4.69) is 16.7 Å². The number of fused-ring (bicyclic) bond motifs is 1. The predicted molar refractivity (Wildman–Crippen MR) is 151 cm³/mol. The fourth-order valence-corrected chi connectivity index (χ4v) is 5.57. The quantitative estimate of drug-likeness (QED) is 0.278. The first-order valence-electron chi connectivity index (χ1n) is 13.4. The van der Waals surface area contributed by atoms with E-state index in [4.69, 9.17) is 9.97 Å². The topological polar surface area (TPSA) is 58.0 Å². The number of aryl methyl sites for hydroxylation is 1. The molecule has 1 fully saturated rings. The third-order valence-electron chi connectivity index (χ3n) is 7.62. The predicted octanol–water partition coefficient (Wildman–Crippen LogP) is 6.64. The maximum atomic E-state index is 13.2. The SMILES string of the molecule is Cc1cc(CNC2CCC(Nc3nc(N(C)C)c4ccccc4n3)CC2)c(C)n1-c1cccc(C(F)(F)F)c1. The monoisotopic (exact) mass is 536 g/mol. The van der Waals surface area contributed by atoms with E-state index >= 15 is 0 Å². The summed E-state index contributed by atoms with van der Waals surface area (Å²) in [5.41, 5.74) is 3.81. The highest BCUT2D eigenvalue weighted by Gasteiger charge is 2.31. The number of alkyl halides is 3. The zero-order chi connectivity index (χ0) is 27.7. The minimum Gasteiger partial charge on any atom is -0.362 e. The number of rotatable bonds is 7. The highest BCUT2D eigenvalue weighted by atomic mass is 19.4. The molecule has 0 radical (unpaired) electrons. The van der Waals surface area contributed by atoms with Gasteiger partial charge in [-0.2, -0.15) is 18.2 Å². The zero-order valence-electron chi connectivity index (χ0n) is 22.8. The summed E-state index contributed by atoms with van der Waals surface area (Å²) >= 11 is 0. The largest absolute Gasteiger partial charge is 0.416 e. The van der Waals surface area contributed by atoms with E-state index in [1.54, 1.807) is 6.07 Å². The van der Waals surface area contributed by atoms with Crippen LogP contribution in [0.1, 0.15) is 48.2 Å². The second-order valence-electron chi connectivity index (χ2n) is 10.6. The molecular formula is C30H35F3N6. The van der Waals surface area contributed by atoms with Crippen molar-refractivity contribution in [3.05, 3.63) is 77.1 Å². The third kappa shape index (κ3) is 5.88. The summed E-state index contributed by atoms with van der Waals surface area (Å²) in [6.45, 7) is 4.59. The smallest absolute Gasteiger partial charge is 0.362 e. The average Bonchev–Trinajstić information content (AvgIpc) is 3.19. The van der Waals surface area contributed by atoms with Crippen LogP contribution < -0.4 is 15.5 Å². The van der Waals surface area contributed by atoms with Crippen LogP contribution in [-0.4, -0.2) is 40.7 Å². The fraction of sp³-hybridized carbons (Fsp3) is 0.400. The lowest BCUT2D eigenvalue weighted by molar-refractivity contribution is -0.137. The molecule has 6 nitrogen and oxygen atoms in total. The first-order chi connectivity index (χ1) is 18.6. The molecule has 0 spiro atoms. The molecule has 0 atom stereocenters. The molecule has 0 bridgehead atoms. The minimum absolute atomic E-state index is 0.310. The van der Waals surface area contributed by atoms with Crippen molar-refractivity contribution < 1.29 is 13.2 Å². The van der Waals surface area contributed by atoms with Gasteiger partial charge in [0, 0.05) is 55.2 Å². The van der Waals surface area contributed by atoms with Crippen molar-refractivity contribution in [1.82, 2.24) is 19.9 Å². The lowest BCUT2D eigenvalue weighted by Crippen LogP contribution is -2.37. The van der Waals surface area contributed by atoms with Crippen molar-refractivity contribution in [3.8, 4) is 5.69 Å². The van der Waals surface area contributed by atoms with E-state index in [0.717, 1.165) is 65.4 Å². The van der Waals surface area contributed by atoms with E-state index in [0.29, 0.717) is 30.3 Å². The van der Waals surface area contributed by atoms with E-state index in [1.807, 2.05) is 61.7 Å². The number of anilines is 2. The van der Waals surface area contributed by atoms with Gasteiger partial charge in [0.2, 0.25) is 5.95 Å². The number of hydrogen-bond acceptors (Lipinski definition) is 5. The van der Waals surface area contributed by atoms with Crippen LogP contribution in [0.15, 0.2) is 54.6 Å². The molecule has 2 aromatic carbocycles. The minimum atomic E-state index is -4.36. The van der Waals surface area contributed by atoms with Gasteiger partial charge in [-0.05, 0) is 81.5 Å². The molecule has 2 heterocycles. The van der Waals surface area contributed by atoms with Gasteiger partial charge in [0.25, 0.3) is 0 Å². The number of para-hydroxylation sites is 1. The van der Waals surface area contributed by atoms with Gasteiger partial charge in [-0.15, -0.1) is 0 Å².